The van der Waals surface area contributed by atoms with E-state index in [0.717, 1.165) is 31.4 Å². The van der Waals surface area contributed by atoms with Gasteiger partial charge in [0.25, 0.3) is 0 Å². The summed E-state index contributed by atoms with van der Waals surface area (Å²) >= 11 is 0. The molecule has 3 rings (SSSR count). The predicted octanol–water partition coefficient (Wildman–Crippen LogP) is 2.02. The Hall–Kier alpha value is -1.25. The highest BCUT2D eigenvalue weighted by molar-refractivity contribution is 6.03. The second-order valence-corrected chi connectivity index (χ2v) is 4.19. The van der Waals surface area contributed by atoms with Gasteiger partial charge >= 0.3 is 0 Å². The Labute approximate surface area is 82.8 Å². The molecule has 0 amide bonds. The van der Waals surface area contributed by atoms with E-state index in [1.807, 2.05) is 0 Å². The fourth-order valence-corrected chi connectivity index (χ4v) is 2.78. The molecule has 0 radical (unpaired) electrons. The molecule has 0 atom stereocenters. The van der Waals surface area contributed by atoms with Crippen LogP contribution in [0.3, 0.4) is 0 Å². The van der Waals surface area contributed by atoms with Crippen LogP contribution >= 0.6 is 0 Å². The molecule has 0 saturated carbocycles. The average molecular weight is 190 g/mol. The molecule has 1 aromatic heterocycles. The molecule has 0 aliphatic heterocycles. The molecule has 74 valence electrons. The summed E-state index contributed by atoms with van der Waals surface area (Å²) in [6, 6.07) is 0. The van der Waals surface area contributed by atoms with Gasteiger partial charge < -0.3 is 10.2 Å². The fourth-order valence-electron chi connectivity index (χ4n) is 2.78. The molecule has 3 nitrogen and oxygen atoms in total. The molecule has 0 bridgehead atoms. The summed E-state index contributed by atoms with van der Waals surface area (Å²) in [7, 11) is 0. The summed E-state index contributed by atoms with van der Waals surface area (Å²) in [5.41, 5.74) is 6.25. The Balaban J connectivity index is 2.20. The third-order valence-corrected chi connectivity index (χ3v) is 3.37. The van der Waals surface area contributed by atoms with Crippen molar-refractivity contribution in [2.45, 2.75) is 38.5 Å². The first-order valence-electron chi connectivity index (χ1n) is 5.34. The number of nitrogens with one attached hydrogen (secondary N) is 1. The zero-order chi connectivity index (χ0) is 9.54. The van der Waals surface area contributed by atoms with Crippen molar-refractivity contribution in [3.63, 3.8) is 0 Å². The molecule has 0 aromatic carbocycles. The number of oxime groups is 1. The molecule has 3 heteroatoms. The highest BCUT2D eigenvalue weighted by Gasteiger charge is 2.26. The Morgan fingerprint density at radius 2 is 1.79 bits per heavy atom. The smallest absolute Gasteiger partial charge is 0.0888 e. The molecular weight excluding hydrogens is 176 g/mol. The van der Waals surface area contributed by atoms with Crippen molar-refractivity contribution in [3.8, 4) is 0 Å². The van der Waals surface area contributed by atoms with Crippen molar-refractivity contribution >= 4 is 5.71 Å². The lowest BCUT2D eigenvalue weighted by molar-refractivity contribution is 0.317. The van der Waals surface area contributed by atoms with Gasteiger partial charge in [-0.2, -0.15) is 0 Å². The number of hydrogen-bond acceptors (Lipinski definition) is 2. The molecule has 1 aromatic rings. The lowest BCUT2D eigenvalue weighted by Crippen LogP contribution is -2.12. The van der Waals surface area contributed by atoms with E-state index in [2.05, 4.69) is 10.1 Å². The SMILES string of the molecule is O/N=C1/CCCc2[nH]c3c(c21)CCC3. The molecular formula is C11H14N2O. The second kappa shape index (κ2) is 2.87. The number of aromatic amines is 1. The minimum Gasteiger partial charge on any atom is -0.411 e. The first-order valence-corrected chi connectivity index (χ1v) is 5.34. The van der Waals surface area contributed by atoms with Crippen LogP contribution in [0.2, 0.25) is 0 Å². The maximum absolute atomic E-state index is 8.96. The highest BCUT2D eigenvalue weighted by Crippen LogP contribution is 2.32. The quantitative estimate of drug-likeness (QED) is 0.477. The van der Waals surface area contributed by atoms with Crippen LogP contribution in [0.15, 0.2) is 5.16 Å². The Morgan fingerprint density at radius 1 is 1.00 bits per heavy atom. The number of nitrogens with zero attached hydrogens (tertiary/aromatic N) is 1. The van der Waals surface area contributed by atoms with Crippen LogP contribution in [0.5, 0.6) is 0 Å². The van der Waals surface area contributed by atoms with Gasteiger partial charge in [0.1, 0.15) is 0 Å². The van der Waals surface area contributed by atoms with E-state index in [0.29, 0.717) is 0 Å². The van der Waals surface area contributed by atoms with Crippen LogP contribution in [-0.2, 0) is 19.3 Å². The van der Waals surface area contributed by atoms with Gasteiger partial charge in [-0.1, -0.05) is 5.16 Å². The molecule has 14 heavy (non-hydrogen) atoms. The van der Waals surface area contributed by atoms with Crippen LogP contribution < -0.4 is 0 Å². The summed E-state index contributed by atoms with van der Waals surface area (Å²) < 4.78 is 0. The third-order valence-electron chi connectivity index (χ3n) is 3.37. The van der Waals surface area contributed by atoms with E-state index in [-0.39, 0.29) is 0 Å². The van der Waals surface area contributed by atoms with Crippen LogP contribution in [0.4, 0.5) is 0 Å². The number of fused-ring (bicyclic) bond motifs is 3. The maximum Gasteiger partial charge on any atom is 0.0888 e. The van der Waals surface area contributed by atoms with Gasteiger partial charge in [0.05, 0.1) is 5.71 Å². The lowest BCUT2D eigenvalue weighted by atomic mass is 9.92. The first-order chi connectivity index (χ1) is 6.90. The first kappa shape index (κ1) is 8.09. The van der Waals surface area contributed by atoms with Crippen molar-refractivity contribution in [1.29, 1.82) is 0 Å². The summed E-state index contributed by atoms with van der Waals surface area (Å²) in [6.07, 6.45) is 6.70. The maximum atomic E-state index is 8.96. The van der Waals surface area contributed by atoms with E-state index in [1.54, 1.807) is 0 Å². The Morgan fingerprint density at radius 3 is 2.64 bits per heavy atom. The molecule has 2 N–H and O–H groups in total. The van der Waals surface area contributed by atoms with Crippen LogP contribution in [0.1, 0.15) is 41.8 Å². The third kappa shape index (κ3) is 0.953. The fraction of sp³-hybridized carbons (Fsp3) is 0.545. The van der Waals surface area contributed by atoms with Gasteiger partial charge in [-0.25, -0.2) is 0 Å². The van der Waals surface area contributed by atoms with E-state index >= 15 is 0 Å². The second-order valence-electron chi connectivity index (χ2n) is 4.19. The molecule has 0 fully saturated rings. The van der Waals surface area contributed by atoms with Crippen molar-refractivity contribution in [1.82, 2.24) is 4.98 Å². The summed E-state index contributed by atoms with van der Waals surface area (Å²) in [5.74, 6) is 0. The minimum absolute atomic E-state index is 0.894. The molecule has 2 aliphatic rings. The van der Waals surface area contributed by atoms with Gasteiger partial charge in [-0.15, -0.1) is 0 Å². The number of aromatic nitrogens is 1. The zero-order valence-corrected chi connectivity index (χ0v) is 8.14. The van der Waals surface area contributed by atoms with Gasteiger partial charge in [-0.3, -0.25) is 0 Å². The summed E-state index contributed by atoms with van der Waals surface area (Å²) in [4.78, 5) is 3.49. The van der Waals surface area contributed by atoms with Crippen LogP contribution in [-0.4, -0.2) is 15.9 Å². The monoisotopic (exact) mass is 190 g/mol. The van der Waals surface area contributed by atoms with Crippen molar-refractivity contribution in [2.75, 3.05) is 0 Å². The van der Waals surface area contributed by atoms with E-state index in [4.69, 9.17) is 5.21 Å². The van der Waals surface area contributed by atoms with Gasteiger partial charge in [0, 0.05) is 17.0 Å². The highest BCUT2D eigenvalue weighted by atomic mass is 16.4. The number of rotatable bonds is 0. The van der Waals surface area contributed by atoms with Gasteiger partial charge in [0.2, 0.25) is 0 Å². The van der Waals surface area contributed by atoms with Crippen LogP contribution in [0, 0.1) is 0 Å². The van der Waals surface area contributed by atoms with Gasteiger partial charge in [-0.05, 0) is 44.1 Å². The standard InChI is InChI=1S/C11H14N2O/c14-13-10-6-2-5-9-11(10)7-3-1-4-8(7)12-9/h12,14H,1-6H2/b13-10-. The topological polar surface area (TPSA) is 48.4 Å². The number of aryl methyl sites for hydroxylation is 2. The van der Waals surface area contributed by atoms with Gasteiger partial charge in [0.15, 0.2) is 0 Å². The summed E-state index contributed by atoms with van der Waals surface area (Å²) in [5, 5.41) is 12.4. The zero-order valence-electron chi connectivity index (χ0n) is 8.14. The van der Waals surface area contributed by atoms with Crippen molar-refractivity contribution in [3.05, 3.63) is 22.5 Å². The minimum atomic E-state index is 0.894. The van der Waals surface area contributed by atoms with E-state index in [9.17, 15) is 0 Å². The molecule has 2 aliphatic carbocycles. The molecule has 1 heterocycles. The lowest BCUT2D eigenvalue weighted by Gasteiger charge is -2.13. The van der Waals surface area contributed by atoms with E-state index < -0.39 is 0 Å². The largest absolute Gasteiger partial charge is 0.411 e. The van der Waals surface area contributed by atoms with Crippen molar-refractivity contribution < 1.29 is 5.21 Å². The van der Waals surface area contributed by atoms with E-state index in [1.165, 1.54) is 35.4 Å². The number of hydrogen-bond donors (Lipinski definition) is 2. The Kier molecular flexibility index (Phi) is 1.66. The molecule has 0 spiro atoms. The normalized spacial score (nSPS) is 22.4. The average Bonchev–Trinajstić information content (AvgIpc) is 2.75. The summed E-state index contributed by atoms with van der Waals surface area (Å²) in [6.45, 7) is 0. The van der Waals surface area contributed by atoms with Crippen molar-refractivity contribution in [2.24, 2.45) is 5.16 Å². The molecule has 0 unspecified atom stereocenters. The number of H-pyrrole nitrogens is 1. The molecule has 0 saturated heterocycles. The Bertz CT molecular complexity index is 404. The predicted molar refractivity (Wildman–Crippen MR) is 54.1 cm³/mol. The van der Waals surface area contributed by atoms with Crippen LogP contribution in [0.25, 0.3) is 0 Å².